The summed E-state index contributed by atoms with van der Waals surface area (Å²) < 4.78 is 36.3. The van der Waals surface area contributed by atoms with Crippen molar-refractivity contribution in [1.29, 1.82) is 0 Å². The number of rotatable bonds is 22. The van der Waals surface area contributed by atoms with E-state index in [1.165, 1.54) is 38.5 Å². The van der Waals surface area contributed by atoms with Gasteiger partial charge in [-0.2, -0.15) is 8.42 Å². The zero-order chi connectivity index (χ0) is 21.8. The van der Waals surface area contributed by atoms with Crippen molar-refractivity contribution in [3.8, 4) is 0 Å². The first-order chi connectivity index (χ1) is 14.0. The highest BCUT2D eigenvalue weighted by Crippen LogP contribution is 2.21. The van der Waals surface area contributed by atoms with Gasteiger partial charge in [0.25, 0.3) is 0 Å². The van der Waals surface area contributed by atoms with E-state index in [1.54, 1.807) is 0 Å². The van der Waals surface area contributed by atoms with Gasteiger partial charge in [-0.05, 0) is 25.7 Å². The average molecular weight is 435 g/mol. The molecule has 4 nitrogen and oxygen atoms in total. The standard InChI is InChI=1S/C24H50O4S/c1-5-9-13-15-17-21-23(19-11-7-3)27-29(25,26)28-24(20-12-8-4)22-18-16-14-10-6-2/h23-24H,5-22H2,1-4H3. The van der Waals surface area contributed by atoms with Crippen LogP contribution in [0.25, 0.3) is 0 Å². The molecule has 0 amide bonds. The summed E-state index contributed by atoms with van der Waals surface area (Å²) in [6.07, 6.45) is 18.5. The van der Waals surface area contributed by atoms with Crippen LogP contribution in [-0.2, 0) is 18.8 Å². The molecule has 0 aliphatic heterocycles. The van der Waals surface area contributed by atoms with E-state index in [1.807, 2.05) is 0 Å². The minimum atomic E-state index is -3.94. The Kier molecular flexibility index (Phi) is 19.7. The van der Waals surface area contributed by atoms with E-state index in [-0.39, 0.29) is 12.2 Å². The molecule has 0 rings (SSSR count). The highest BCUT2D eigenvalue weighted by Gasteiger charge is 2.24. The number of hydrogen-bond donors (Lipinski definition) is 0. The number of unbranched alkanes of at least 4 members (excludes halogenated alkanes) is 10. The van der Waals surface area contributed by atoms with E-state index in [0.29, 0.717) is 0 Å². The van der Waals surface area contributed by atoms with Gasteiger partial charge < -0.3 is 0 Å². The minimum absolute atomic E-state index is 0.238. The quantitative estimate of drug-likeness (QED) is 0.161. The molecule has 0 saturated carbocycles. The number of hydrogen-bond acceptors (Lipinski definition) is 4. The molecule has 2 unspecified atom stereocenters. The molecule has 2 atom stereocenters. The van der Waals surface area contributed by atoms with Crippen LogP contribution < -0.4 is 0 Å². The highest BCUT2D eigenvalue weighted by molar-refractivity contribution is 7.81. The molecule has 0 aliphatic rings. The second-order valence-electron chi connectivity index (χ2n) is 8.53. The molecule has 0 radical (unpaired) electrons. The van der Waals surface area contributed by atoms with Crippen molar-refractivity contribution in [2.75, 3.05) is 0 Å². The van der Waals surface area contributed by atoms with Crippen LogP contribution >= 0.6 is 0 Å². The van der Waals surface area contributed by atoms with Crippen LogP contribution in [0, 0.1) is 0 Å². The van der Waals surface area contributed by atoms with Gasteiger partial charge in [-0.25, -0.2) is 8.37 Å². The third kappa shape index (κ3) is 18.4. The third-order valence-corrected chi connectivity index (χ3v) is 6.54. The van der Waals surface area contributed by atoms with Crippen LogP contribution in [-0.4, -0.2) is 20.6 Å². The first-order valence-electron chi connectivity index (χ1n) is 12.6. The Labute approximate surface area is 182 Å². The fourth-order valence-electron chi connectivity index (χ4n) is 3.65. The minimum Gasteiger partial charge on any atom is -0.245 e. The Hall–Kier alpha value is -0.130. The first kappa shape index (κ1) is 28.9. The Balaban J connectivity index is 4.60. The van der Waals surface area contributed by atoms with Crippen LogP contribution in [0.3, 0.4) is 0 Å². The second kappa shape index (κ2) is 19.8. The normalized spacial score (nSPS) is 14.2. The maximum atomic E-state index is 12.6. The second-order valence-corrected chi connectivity index (χ2v) is 9.74. The molecule has 0 bridgehead atoms. The fraction of sp³-hybridized carbons (Fsp3) is 1.00. The molecule has 5 heteroatoms. The van der Waals surface area contributed by atoms with Gasteiger partial charge in [0.05, 0.1) is 12.2 Å². The Morgan fingerprint density at radius 1 is 0.483 bits per heavy atom. The van der Waals surface area contributed by atoms with Gasteiger partial charge in [-0.1, -0.05) is 118 Å². The Morgan fingerprint density at radius 2 is 0.793 bits per heavy atom. The molecule has 0 spiro atoms. The average Bonchev–Trinajstić information content (AvgIpc) is 2.69. The Bertz CT molecular complexity index is 402. The van der Waals surface area contributed by atoms with Crippen LogP contribution in [0.15, 0.2) is 0 Å². The topological polar surface area (TPSA) is 52.6 Å². The lowest BCUT2D eigenvalue weighted by Gasteiger charge is -2.21. The van der Waals surface area contributed by atoms with Gasteiger partial charge in [0.2, 0.25) is 0 Å². The summed E-state index contributed by atoms with van der Waals surface area (Å²) in [5.74, 6) is 0. The van der Waals surface area contributed by atoms with Crippen LogP contribution in [0.1, 0.15) is 143 Å². The van der Waals surface area contributed by atoms with E-state index in [9.17, 15) is 8.42 Å². The van der Waals surface area contributed by atoms with Gasteiger partial charge in [0, 0.05) is 0 Å². The van der Waals surface area contributed by atoms with Crippen molar-refractivity contribution >= 4 is 10.4 Å². The SMILES string of the molecule is CCCCCCCC(CCCC)OS(=O)(=O)OC(CCCC)CCCCCCC. The summed E-state index contributed by atoms with van der Waals surface area (Å²) in [7, 11) is -3.94. The maximum Gasteiger partial charge on any atom is 0.400 e. The lowest BCUT2D eigenvalue weighted by atomic mass is 10.0. The zero-order valence-electron chi connectivity index (χ0n) is 19.9. The molecule has 0 saturated heterocycles. The van der Waals surface area contributed by atoms with Crippen molar-refractivity contribution in [3.63, 3.8) is 0 Å². The van der Waals surface area contributed by atoms with E-state index in [4.69, 9.17) is 8.37 Å². The van der Waals surface area contributed by atoms with Crippen LogP contribution in [0.4, 0.5) is 0 Å². The summed E-state index contributed by atoms with van der Waals surface area (Å²) in [6, 6.07) is 0. The molecule has 0 fully saturated rings. The van der Waals surface area contributed by atoms with Crippen molar-refractivity contribution in [1.82, 2.24) is 0 Å². The molecule has 176 valence electrons. The monoisotopic (exact) mass is 434 g/mol. The molecule has 0 aromatic rings. The van der Waals surface area contributed by atoms with Crippen molar-refractivity contribution in [2.45, 2.75) is 155 Å². The van der Waals surface area contributed by atoms with Crippen molar-refractivity contribution < 1.29 is 16.8 Å². The Morgan fingerprint density at radius 3 is 1.14 bits per heavy atom. The van der Waals surface area contributed by atoms with E-state index in [0.717, 1.165) is 77.0 Å². The van der Waals surface area contributed by atoms with Crippen LogP contribution in [0.2, 0.25) is 0 Å². The highest BCUT2D eigenvalue weighted by atomic mass is 32.3. The first-order valence-corrected chi connectivity index (χ1v) is 13.9. The maximum absolute atomic E-state index is 12.6. The predicted octanol–water partition coefficient (Wildman–Crippen LogP) is 8.10. The molecule has 0 heterocycles. The molecule has 0 N–H and O–H groups in total. The predicted molar refractivity (Wildman–Crippen MR) is 124 cm³/mol. The largest absolute Gasteiger partial charge is 0.400 e. The lowest BCUT2D eigenvalue weighted by Crippen LogP contribution is -2.25. The lowest BCUT2D eigenvalue weighted by molar-refractivity contribution is 0.102. The van der Waals surface area contributed by atoms with Crippen molar-refractivity contribution in [2.24, 2.45) is 0 Å². The summed E-state index contributed by atoms with van der Waals surface area (Å²) in [5.41, 5.74) is 0. The molecule has 0 aromatic heterocycles. The summed E-state index contributed by atoms with van der Waals surface area (Å²) in [5, 5.41) is 0. The van der Waals surface area contributed by atoms with E-state index in [2.05, 4.69) is 27.7 Å². The zero-order valence-corrected chi connectivity index (χ0v) is 20.7. The summed E-state index contributed by atoms with van der Waals surface area (Å²) in [4.78, 5) is 0. The summed E-state index contributed by atoms with van der Waals surface area (Å²) >= 11 is 0. The smallest absolute Gasteiger partial charge is 0.245 e. The van der Waals surface area contributed by atoms with Crippen LogP contribution in [0.5, 0.6) is 0 Å². The van der Waals surface area contributed by atoms with Gasteiger partial charge in [-0.15, -0.1) is 0 Å². The molecule has 0 aromatic carbocycles. The van der Waals surface area contributed by atoms with Gasteiger partial charge in [-0.3, -0.25) is 0 Å². The molecule has 0 aliphatic carbocycles. The van der Waals surface area contributed by atoms with Gasteiger partial charge in [0.1, 0.15) is 0 Å². The van der Waals surface area contributed by atoms with Crippen molar-refractivity contribution in [3.05, 3.63) is 0 Å². The fourth-order valence-corrected chi connectivity index (χ4v) is 4.75. The third-order valence-electron chi connectivity index (χ3n) is 5.53. The molecular weight excluding hydrogens is 384 g/mol. The van der Waals surface area contributed by atoms with E-state index >= 15 is 0 Å². The molecular formula is C24H50O4S. The molecule has 29 heavy (non-hydrogen) atoms. The van der Waals surface area contributed by atoms with Gasteiger partial charge >= 0.3 is 10.4 Å². The van der Waals surface area contributed by atoms with E-state index < -0.39 is 10.4 Å². The summed E-state index contributed by atoms with van der Waals surface area (Å²) in [6.45, 7) is 8.66. The van der Waals surface area contributed by atoms with Gasteiger partial charge in [0.15, 0.2) is 0 Å².